The van der Waals surface area contributed by atoms with Crippen molar-refractivity contribution in [1.82, 2.24) is 0 Å². The van der Waals surface area contributed by atoms with E-state index in [1.165, 1.54) is 0 Å². The zero-order chi connectivity index (χ0) is 9.68. The van der Waals surface area contributed by atoms with Crippen LogP contribution in [-0.4, -0.2) is 12.6 Å². The summed E-state index contributed by atoms with van der Waals surface area (Å²) in [6.45, 7) is 2.57. The molecule has 0 saturated heterocycles. The van der Waals surface area contributed by atoms with Gasteiger partial charge >= 0.3 is 0 Å². The van der Waals surface area contributed by atoms with Gasteiger partial charge in [-0.25, -0.2) is 0 Å². The van der Waals surface area contributed by atoms with Crippen LogP contribution in [0.25, 0.3) is 0 Å². The number of ether oxygens (including phenoxy) is 1. The highest BCUT2D eigenvalue weighted by molar-refractivity contribution is 6.30. The summed E-state index contributed by atoms with van der Waals surface area (Å²) in [5, 5.41) is 0.683. The molecule has 0 unspecified atom stereocenters. The van der Waals surface area contributed by atoms with Crippen LogP contribution in [0.1, 0.15) is 13.3 Å². The summed E-state index contributed by atoms with van der Waals surface area (Å²) < 4.78 is 5.43. The Kier molecular flexibility index (Phi) is 4.06. The molecule has 1 aromatic rings. The first-order chi connectivity index (χ1) is 6.22. The molecule has 0 aromatic heterocycles. The van der Waals surface area contributed by atoms with Gasteiger partial charge in [-0.15, -0.1) is 0 Å². The third kappa shape index (κ3) is 3.66. The molecule has 1 aromatic carbocycles. The maximum absolute atomic E-state index is 5.78. The van der Waals surface area contributed by atoms with Crippen molar-refractivity contribution in [2.75, 3.05) is 6.61 Å². The minimum Gasteiger partial charge on any atom is -0.492 e. The molecule has 0 radical (unpaired) electrons. The molecule has 0 fully saturated rings. The van der Waals surface area contributed by atoms with Gasteiger partial charge in [0, 0.05) is 11.1 Å². The number of nitrogens with two attached hydrogens (primary N) is 1. The van der Waals surface area contributed by atoms with E-state index < -0.39 is 0 Å². The van der Waals surface area contributed by atoms with Crippen LogP contribution in [0.5, 0.6) is 5.75 Å². The molecule has 0 aliphatic rings. The Morgan fingerprint density at radius 3 is 2.92 bits per heavy atom. The van der Waals surface area contributed by atoms with Crippen molar-refractivity contribution in [1.29, 1.82) is 0 Å². The molecule has 1 rings (SSSR count). The Hall–Kier alpha value is -0.730. The maximum atomic E-state index is 5.78. The van der Waals surface area contributed by atoms with Crippen molar-refractivity contribution in [3.63, 3.8) is 0 Å². The molecule has 1 atom stereocenters. The summed E-state index contributed by atoms with van der Waals surface area (Å²) in [6.07, 6.45) is 0.917. The second-order valence-corrected chi connectivity index (χ2v) is 3.37. The Balaban J connectivity index is 2.45. The summed E-state index contributed by atoms with van der Waals surface area (Å²) in [5.41, 5.74) is 5.70. The molecule has 13 heavy (non-hydrogen) atoms. The summed E-state index contributed by atoms with van der Waals surface area (Å²) >= 11 is 5.78. The van der Waals surface area contributed by atoms with E-state index >= 15 is 0 Å². The second kappa shape index (κ2) is 5.10. The van der Waals surface area contributed by atoms with E-state index in [0.29, 0.717) is 11.6 Å². The van der Waals surface area contributed by atoms with Gasteiger partial charge < -0.3 is 10.5 Å². The maximum Gasteiger partial charge on any atom is 0.120 e. The Morgan fingerprint density at radius 1 is 1.54 bits per heavy atom. The number of rotatable bonds is 4. The number of hydrogen-bond donors (Lipinski definition) is 1. The highest BCUT2D eigenvalue weighted by Crippen LogP contribution is 2.17. The average Bonchev–Trinajstić information content (AvgIpc) is 2.14. The van der Waals surface area contributed by atoms with Gasteiger partial charge in [0.05, 0.1) is 0 Å². The summed E-state index contributed by atoms with van der Waals surface area (Å²) in [6, 6.07) is 7.42. The number of benzene rings is 1. The van der Waals surface area contributed by atoms with E-state index in [2.05, 4.69) is 0 Å². The first-order valence-corrected chi connectivity index (χ1v) is 4.74. The first kappa shape index (κ1) is 10.4. The lowest BCUT2D eigenvalue weighted by molar-refractivity contribution is 0.285. The van der Waals surface area contributed by atoms with Gasteiger partial charge in [0.25, 0.3) is 0 Å². The Morgan fingerprint density at radius 2 is 2.31 bits per heavy atom. The lowest BCUT2D eigenvalue weighted by Gasteiger charge is -2.10. The van der Waals surface area contributed by atoms with Gasteiger partial charge in [0.2, 0.25) is 0 Å². The predicted molar refractivity (Wildman–Crippen MR) is 55.2 cm³/mol. The van der Waals surface area contributed by atoms with Crippen LogP contribution in [0.15, 0.2) is 24.3 Å². The topological polar surface area (TPSA) is 35.2 Å². The molecule has 0 amide bonds. The minimum absolute atomic E-state index is 0.0963. The van der Waals surface area contributed by atoms with Crippen LogP contribution in [-0.2, 0) is 0 Å². The van der Waals surface area contributed by atoms with Gasteiger partial charge in [-0.2, -0.15) is 0 Å². The summed E-state index contributed by atoms with van der Waals surface area (Å²) in [5.74, 6) is 0.774. The standard InChI is InChI=1S/C10H14ClNO/c1-2-9(12)7-13-10-5-3-4-8(11)6-10/h3-6,9H,2,7,12H2,1H3/t9-/m1/s1. The Labute approximate surface area is 83.6 Å². The van der Waals surface area contributed by atoms with E-state index in [9.17, 15) is 0 Å². The second-order valence-electron chi connectivity index (χ2n) is 2.94. The van der Waals surface area contributed by atoms with Crippen LogP contribution in [0, 0.1) is 0 Å². The van der Waals surface area contributed by atoms with Gasteiger partial charge in [-0.05, 0) is 24.6 Å². The third-order valence-electron chi connectivity index (χ3n) is 1.78. The van der Waals surface area contributed by atoms with Crippen molar-refractivity contribution in [2.45, 2.75) is 19.4 Å². The lowest BCUT2D eigenvalue weighted by atomic mass is 10.2. The summed E-state index contributed by atoms with van der Waals surface area (Å²) in [4.78, 5) is 0. The largest absolute Gasteiger partial charge is 0.492 e. The molecule has 0 saturated carbocycles. The van der Waals surface area contributed by atoms with Gasteiger partial charge in [0.1, 0.15) is 12.4 Å². The number of halogens is 1. The molecule has 0 spiro atoms. The van der Waals surface area contributed by atoms with Crippen molar-refractivity contribution in [3.05, 3.63) is 29.3 Å². The van der Waals surface area contributed by atoms with Crippen molar-refractivity contribution in [3.8, 4) is 5.75 Å². The molecule has 2 nitrogen and oxygen atoms in total. The van der Waals surface area contributed by atoms with E-state index in [1.807, 2.05) is 25.1 Å². The predicted octanol–water partition coefficient (Wildman–Crippen LogP) is 2.46. The zero-order valence-corrected chi connectivity index (χ0v) is 8.42. The first-order valence-electron chi connectivity index (χ1n) is 4.36. The fourth-order valence-electron chi connectivity index (χ4n) is 0.878. The molecule has 0 aliphatic carbocycles. The SMILES string of the molecule is CC[C@@H](N)COc1cccc(Cl)c1. The molecule has 2 N–H and O–H groups in total. The van der Waals surface area contributed by atoms with Gasteiger partial charge in [0.15, 0.2) is 0 Å². The quantitative estimate of drug-likeness (QED) is 0.809. The van der Waals surface area contributed by atoms with E-state index in [1.54, 1.807) is 6.07 Å². The van der Waals surface area contributed by atoms with E-state index in [4.69, 9.17) is 22.1 Å². The van der Waals surface area contributed by atoms with Crippen LogP contribution in [0.4, 0.5) is 0 Å². The normalized spacial score (nSPS) is 12.5. The monoisotopic (exact) mass is 199 g/mol. The molecular formula is C10H14ClNO. The molecular weight excluding hydrogens is 186 g/mol. The smallest absolute Gasteiger partial charge is 0.120 e. The van der Waals surface area contributed by atoms with Crippen LogP contribution in [0.3, 0.4) is 0 Å². The minimum atomic E-state index is 0.0963. The van der Waals surface area contributed by atoms with Crippen molar-refractivity contribution >= 4 is 11.6 Å². The van der Waals surface area contributed by atoms with Crippen molar-refractivity contribution in [2.24, 2.45) is 5.73 Å². The van der Waals surface area contributed by atoms with E-state index in [0.717, 1.165) is 12.2 Å². The van der Waals surface area contributed by atoms with Gasteiger partial charge in [-0.3, -0.25) is 0 Å². The highest BCUT2D eigenvalue weighted by atomic mass is 35.5. The van der Waals surface area contributed by atoms with Gasteiger partial charge in [-0.1, -0.05) is 24.6 Å². The fraction of sp³-hybridized carbons (Fsp3) is 0.400. The zero-order valence-electron chi connectivity index (χ0n) is 7.66. The molecule has 3 heteroatoms. The molecule has 0 heterocycles. The van der Waals surface area contributed by atoms with Crippen LogP contribution >= 0.6 is 11.6 Å². The van der Waals surface area contributed by atoms with Crippen molar-refractivity contribution < 1.29 is 4.74 Å². The fourth-order valence-corrected chi connectivity index (χ4v) is 1.06. The van der Waals surface area contributed by atoms with Crippen LogP contribution in [0.2, 0.25) is 5.02 Å². The molecule has 0 bridgehead atoms. The van der Waals surface area contributed by atoms with E-state index in [-0.39, 0.29) is 6.04 Å². The van der Waals surface area contributed by atoms with Crippen LogP contribution < -0.4 is 10.5 Å². The summed E-state index contributed by atoms with van der Waals surface area (Å²) in [7, 11) is 0. The third-order valence-corrected chi connectivity index (χ3v) is 2.02. The lowest BCUT2D eigenvalue weighted by Crippen LogP contribution is -2.26. The average molecular weight is 200 g/mol. The highest BCUT2D eigenvalue weighted by Gasteiger charge is 2.00. The Bertz CT molecular complexity index is 265. The molecule has 72 valence electrons. The number of hydrogen-bond acceptors (Lipinski definition) is 2. The molecule has 0 aliphatic heterocycles.